The van der Waals surface area contributed by atoms with E-state index in [1.807, 2.05) is 49.4 Å². The van der Waals surface area contributed by atoms with Gasteiger partial charge in [0, 0.05) is 16.3 Å². The van der Waals surface area contributed by atoms with Crippen molar-refractivity contribution >= 4 is 39.1 Å². The van der Waals surface area contributed by atoms with Crippen molar-refractivity contribution in [2.45, 2.75) is 13.5 Å². The molecule has 1 fully saturated rings. The zero-order chi connectivity index (χ0) is 26.0. The van der Waals surface area contributed by atoms with Crippen molar-refractivity contribution in [1.82, 2.24) is 10.3 Å². The molecule has 0 radical (unpaired) electrons. The predicted molar refractivity (Wildman–Crippen MR) is 144 cm³/mol. The summed E-state index contributed by atoms with van der Waals surface area (Å²) < 4.78 is 6.36. The number of nitrogens with zero attached hydrogens (tertiary/aromatic N) is 3. The second-order valence-corrected chi connectivity index (χ2v) is 9.68. The van der Waals surface area contributed by atoms with E-state index < -0.39 is 0 Å². The highest BCUT2D eigenvalue weighted by Gasteiger charge is 2.30. The van der Waals surface area contributed by atoms with E-state index in [1.54, 1.807) is 18.2 Å². The lowest BCUT2D eigenvalue weighted by Gasteiger charge is -2.41. The molecular formula is C28H31N5O4. The van der Waals surface area contributed by atoms with Gasteiger partial charge in [0.2, 0.25) is 0 Å². The number of aromatic nitrogens is 1. The Balaban J connectivity index is 1.34. The number of ether oxygens (including phenoxy) is 1. The molecule has 1 aliphatic heterocycles. The summed E-state index contributed by atoms with van der Waals surface area (Å²) in [6.07, 6.45) is 0. The van der Waals surface area contributed by atoms with Crippen LogP contribution >= 0.6 is 0 Å². The van der Waals surface area contributed by atoms with Crippen molar-refractivity contribution in [3.63, 3.8) is 0 Å². The quantitative estimate of drug-likeness (QED) is 0.200. The van der Waals surface area contributed by atoms with Crippen LogP contribution in [0.1, 0.15) is 21.5 Å². The molecule has 0 unspecified atom stereocenters. The third kappa shape index (κ3) is 5.07. The smallest absolute Gasteiger partial charge is 0.253 e. The summed E-state index contributed by atoms with van der Waals surface area (Å²) in [7, 11) is 0. The average Bonchev–Trinajstić information content (AvgIpc) is 2.90. The molecule has 0 saturated carbocycles. The molecule has 192 valence electrons. The molecule has 4 aromatic rings. The number of rotatable bonds is 7. The number of para-hydroxylation sites is 2. The minimum atomic E-state index is -0.181. The molecule has 0 aliphatic carbocycles. The Morgan fingerprint density at radius 1 is 1.08 bits per heavy atom. The van der Waals surface area contributed by atoms with Gasteiger partial charge in [0.05, 0.1) is 54.3 Å². The number of quaternary nitrogens is 1. The van der Waals surface area contributed by atoms with Crippen LogP contribution in [0.25, 0.3) is 21.8 Å². The summed E-state index contributed by atoms with van der Waals surface area (Å²) in [5.74, 6) is -0.181. The number of carbonyl (C=O) groups is 1. The van der Waals surface area contributed by atoms with Crippen LogP contribution in [0, 0.1) is 12.1 Å². The Morgan fingerprint density at radius 2 is 1.76 bits per heavy atom. The Morgan fingerprint density at radius 3 is 2.46 bits per heavy atom. The van der Waals surface area contributed by atoms with Gasteiger partial charge in [-0.25, -0.2) is 4.98 Å². The fourth-order valence-corrected chi connectivity index (χ4v) is 5.16. The number of fused-ring (bicyclic) bond motifs is 2. The van der Waals surface area contributed by atoms with Crippen LogP contribution in [0.5, 0.6) is 0 Å². The van der Waals surface area contributed by atoms with Crippen LogP contribution in [0.3, 0.4) is 0 Å². The van der Waals surface area contributed by atoms with Crippen molar-refractivity contribution in [2.75, 3.05) is 50.4 Å². The Kier molecular flexibility index (Phi) is 6.94. The zero-order valence-corrected chi connectivity index (χ0v) is 20.8. The average molecular weight is 502 g/mol. The maximum Gasteiger partial charge on any atom is 0.253 e. The summed E-state index contributed by atoms with van der Waals surface area (Å²) in [5.41, 5.74) is 11.3. The molecule has 0 bridgehead atoms. The molecule has 4 N–H and O–H groups in total. The topological polar surface area (TPSA) is 124 Å². The van der Waals surface area contributed by atoms with Gasteiger partial charge in [0.25, 0.3) is 5.91 Å². The number of morpholine rings is 1. The van der Waals surface area contributed by atoms with Crippen molar-refractivity contribution in [3.8, 4) is 0 Å². The van der Waals surface area contributed by atoms with Crippen molar-refractivity contribution in [3.05, 3.63) is 82.6 Å². The third-order valence-corrected chi connectivity index (χ3v) is 7.29. The number of pyridine rings is 1. The van der Waals surface area contributed by atoms with E-state index in [-0.39, 0.29) is 16.8 Å². The molecule has 37 heavy (non-hydrogen) atoms. The molecule has 3 aromatic carbocycles. The normalized spacial score (nSPS) is 15.1. The molecule has 1 amide bonds. The first kappa shape index (κ1) is 24.9. The molecule has 1 aromatic heterocycles. The Bertz CT molecular complexity index is 1430. The SMILES string of the molecule is Cc1cccc2c(N)c3cccc(C(=O)NCC[N+]4(Cc5ccc(N([O-])O)cc5)CCOCC4)c3nc12. The number of hydrogen-bond acceptors (Lipinski definition) is 7. The minimum absolute atomic E-state index is 0.141. The summed E-state index contributed by atoms with van der Waals surface area (Å²) in [5, 5.41) is 24.8. The van der Waals surface area contributed by atoms with Crippen LogP contribution in [-0.4, -0.2) is 60.0 Å². The van der Waals surface area contributed by atoms with Gasteiger partial charge in [0.1, 0.15) is 19.6 Å². The number of nitrogen functional groups attached to an aromatic ring is 1. The molecule has 9 heteroatoms. The van der Waals surface area contributed by atoms with Gasteiger partial charge in [0.15, 0.2) is 0 Å². The van der Waals surface area contributed by atoms with Gasteiger partial charge in [-0.2, -0.15) is 0 Å². The van der Waals surface area contributed by atoms with Crippen LogP contribution in [0.4, 0.5) is 11.4 Å². The number of hydrogen-bond donors (Lipinski definition) is 3. The zero-order valence-electron chi connectivity index (χ0n) is 20.8. The molecular weight excluding hydrogens is 470 g/mol. The molecule has 9 nitrogen and oxygen atoms in total. The second-order valence-electron chi connectivity index (χ2n) is 9.68. The fraction of sp³-hybridized carbons (Fsp3) is 0.286. The van der Waals surface area contributed by atoms with Crippen LogP contribution in [-0.2, 0) is 11.3 Å². The molecule has 1 aliphatic rings. The van der Waals surface area contributed by atoms with E-state index in [1.165, 1.54) is 0 Å². The third-order valence-electron chi connectivity index (χ3n) is 7.29. The summed E-state index contributed by atoms with van der Waals surface area (Å²) in [6, 6.07) is 18.3. The van der Waals surface area contributed by atoms with E-state index >= 15 is 0 Å². The predicted octanol–water partition coefficient (Wildman–Crippen LogP) is 3.75. The second kappa shape index (κ2) is 10.3. The van der Waals surface area contributed by atoms with Crippen LogP contribution in [0.15, 0.2) is 60.7 Å². The van der Waals surface area contributed by atoms with E-state index in [0.717, 1.165) is 58.1 Å². The lowest BCUT2D eigenvalue weighted by Crippen LogP contribution is -2.57. The fourth-order valence-electron chi connectivity index (χ4n) is 5.16. The summed E-state index contributed by atoms with van der Waals surface area (Å²) >= 11 is 0. The molecule has 0 atom stereocenters. The number of aryl methyl sites for hydroxylation is 1. The monoisotopic (exact) mass is 501 g/mol. The molecule has 1 saturated heterocycles. The van der Waals surface area contributed by atoms with Gasteiger partial charge in [-0.3, -0.25) is 10.0 Å². The van der Waals surface area contributed by atoms with E-state index in [2.05, 4.69) is 5.32 Å². The first-order chi connectivity index (χ1) is 17.9. The van der Waals surface area contributed by atoms with Crippen molar-refractivity contribution in [1.29, 1.82) is 0 Å². The maximum absolute atomic E-state index is 13.3. The van der Waals surface area contributed by atoms with Gasteiger partial charge in [-0.15, -0.1) is 0 Å². The van der Waals surface area contributed by atoms with E-state index in [4.69, 9.17) is 20.7 Å². The van der Waals surface area contributed by atoms with E-state index in [9.17, 15) is 10.0 Å². The number of anilines is 2. The van der Waals surface area contributed by atoms with Gasteiger partial charge in [-0.05, 0) is 30.7 Å². The summed E-state index contributed by atoms with van der Waals surface area (Å²) in [6.45, 7) is 6.88. The first-order valence-corrected chi connectivity index (χ1v) is 12.4. The molecule has 2 heterocycles. The van der Waals surface area contributed by atoms with Gasteiger partial charge >= 0.3 is 0 Å². The highest BCUT2D eigenvalue weighted by molar-refractivity contribution is 6.13. The Labute approximate surface area is 215 Å². The highest BCUT2D eigenvalue weighted by Crippen LogP contribution is 2.31. The van der Waals surface area contributed by atoms with Crippen LogP contribution in [0.2, 0.25) is 0 Å². The first-order valence-electron chi connectivity index (χ1n) is 12.4. The number of carbonyl (C=O) groups excluding carboxylic acids is 1. The Hall–Kier alpha value is -3.76. The summed E-state index contributed by atoms with van der Waals surface area (Å²) in [4.78, 5) is 18.2. The maximum atomic E-state index is 13.3. The lowest BCUT2D eigenvalue weighted by atomic mass is 10.0. The number of nitrogens with one attached hydrogen (secondary N) is 1. The van der Waals surface area contributed by atoms with E-state index in [0.29, 0.717) is 36.5 Å². The van der Waals surface area contributed by atoms with Crippen molar-refractivity contribution in [2.24, 2.45) is 0 Å². The van der Waals surface area contributed by atoms with Gasteiger partial charge in [-0.1, -0.05) is 42.5 Å². The molecule has 0 spiro atoms. The number of amides is 1. The largest absolute Gasteiger partial charge is 0.733 e. The number of benzene rings is 3. The lowest BCUT2D eigenvalue weighted by molar-refractivity contribution is -0.946. The van der Waals surface area contributed by atoms with Crippen molar-refractivity contribution < 1.29 is 19.2 Å². The highest BCUT2D eigenvalue weighted by atomic mass is 16.8. The minimum Gasteiger partial charge on any atom is -0.733 e. The number of nitrogens with two attached hydrogens (primary N) is 1. The molecule has 5 rings (SSSR count). The van der Waals surface area contributed by atoms with Crippen LogP contribution < -0.4 is 16.3 Å². The van der Waals surface area contributed by atoms with Gasteiger partial charge < -0.3 is 30.7 Å². The standard InChI is InChI=1S/C28H31N5O4/c1-19-4-2-5-22-25(29)23-6-3-7-24(27(23)31-26(19)22)28(34)30-12-13-33(14-16-37-17-15-33)18-20-8-10-21(11-9-20)32(35)36/h2-11,35H,12-18H2,1H3,(H2,29,31)(H,30,34).